The Hall–Kier alpha value is -0.870. The topological polar surface area (TPSA) is 41.3 Å². The Balaban J connectivity index is 1.54. The molecule has 0 bridgehead atoms. The van der Waals surface area contributed by atoms with E-state index in [0.717, 1.165) is 25.3 Å². The van der Waals surface area contributed by atoms with Crippen LogP contribution in [0.4, 0.5) is 0 Å². The fourth-order valence-electron chi connectivity index (χ4n) is 3.27. The van der Waals surface area contributed by atoms with Crippen LogP contribution in [0.2, 0.25) is 0 Å². The van der Waals surface area contributed by atoms with E-state index >= 15 is 0 Å². The van der Waals surface area contributed by atoms with Crippen molar-refractivity contribution in [2.45, 2.75) is 57.7 Å². The second-order valence-corrected chi connectivity index (χ2v) is 6.63. The number of aliphatic hydroxyl groups is 1. The Morgan fingerprint density at radius 2 is 2.05 bits per heavy atom. The molecule has 4 nitrogen and oxygen atoms in total. The standard InChI is InChI=1S/C15H25N3O/c1-12(2)15(19)10-17(11-15)9-13-7-8-18(16-13)14-5-3-4-6-14/h7-8,12,14,19H,3-6,9-11H2,1-2H3. The van der Waals surface area contributed by atoms with Crippen molar-refractivity contribution in [3.8, 4) is 0 Å². The van der Waals surface area contributed by atoms with E-state index in [1.165, 1.54) is 25.7 Å². The summed E-state index contributed by atoms with van der Waals surface area (Å²) in [7, 11) is 0. The van der Waals surface area contributed by atoms with Gasteiger partial charge in [0.25, 0.3) is 0 Å². The van der Waals surface area contributed by atoms with Gasteiger partial charge in [-0.25, -0.2) is 0 Å². The predicted octanol–water partition coefficient (Wildman–Crippen LogP) is 2.20. The third kappa shape index (κ3) is 2.56. The highest BCUT2D eigenvalue weighted by Crippen LogP contribution is 2.31. The zero-order valence-corrected chi connectivity index (χ0v) is 12.0. The molecule has 1 saturated carbocycles. The molecule has 0 atom stereocenters. The summed E-state index contributed by atoms with van der Waals surface area (Å²) >= 11 is 0. The lowest BCUT2D eigenvalue weighted by Crippen LogP contribution is -2.63. The lowest BCUT2D eigenvalue weighted by atomic mass is 9.83. The molecule has 0 aromatic carbocycles. The van der Waals surface area contributed by atoms with Crippen LogP contribution in [-0.2, 0) is 6.54 Å². The average molecular weight is 263 g/mol. The van der Waals surface area contributed by atoms with E-state index in [1.54, 1.807) is 0 Å². The van der Waals surface area contributed by atoms with Gasteiger partial charge in [0.15, 0.2) is 0 Å². The maximum absolute atomic E-state index is 10.2. The Bertz CT molecular complexity index is 428. The molecule has 0 amide bonds. The van der Waals surface area contributed by atoms with E-state index in [0.29, 0.717) is 12.0 Å². The summed E-state index contributed by atoms with van der Waals surface area (Å²) in [6.45, 7) is 6.61. The smallest absolute Gasteiger partial charge is 0.0923 e. The van der Waals surface area contributed by atoms with Crippen molar-refractivity contribution in [3.05, 3.63) is 18.0 Å². The minimum Gasteiger partial charge on any atom is -0.387 e. The summed E-state index contributed by atoms with van der Waals surface area (Å²) in [6, 6.07) is 2.75. The van der Waals surface area contributed by atoms with Gasteiger partial charge < -0.3 is 5.11 Å². The van der Waals surface area contributed by atoms with E-state index in [9.17, 15) is 5.11 Å². The van der Waals surface area contributed by atoms with E-state index in [-0.39, 0.29) is 0 Å². The summed E-state index contributed by atoms with van der Waals surface area (Å²) in [6.07, 6.45) is 7.36. The van der Waals surface area contributed by atoms with Gasteiger partial charge in [-0.15, -0.1) is 0 Å². The quantitative estimate of drug-likeness (QED) is 0.905. The zero-order chi connectivity index (χ0) is 13.5. The van der Waals surface area contributed by atoms with Crippen LogP contribution in [0.15, 0.2) is 12.3 Å². The first kappa shape index (κ1) is 13.1. The minimum atomic E-state index is -0.478. The van der Waals surface area contributed by atoms with Crippen molar-refractivity contribution in [2.75, 3.05) is 13.1 Å². The summed E-state index contributed by atoms with van der Waals surface area (Å²) in [4.78, 5) is 2.28. The van der Waals surface area contributed by atoms with Gasteiger partial charge >= 0.3 is 0 Å². The maximum Gasteiger partial charge on any atom is 0.0923 e. The lowest BCUT2D eigenvalue weighted by Gasteiger charge is -2.48. The molecule has 106 valence electrons. The molecule has 1 saturated heterocycles. The molecule has 1 aromatic heterocycles. The van der Waals surface area contributed by atoms with Crippen molar-refractivity contribution in [2.24, 2.45) is 5.92 Å². The normalized spacial score (nSPS) is 24.0. The summed E-state index contributed by atoms with van der Waals surface area (Å²) < 4.78 is 2.15. The largest absolute Gasteiger partial charge is 0.387 e. The van der Waals surface area contributed by atoms with Gasteiger partial charge in [-0.05, 0) is 24.8 Å². The van der Waals surface area contributed by atoms with Crippen molar-refractivity contribution in [1.82, 2.24) is 14.7 Å². The molecule has 0 radical (unpaired) electrons. The Labute approximate surface area is 115 Å². The molecule has 2 fully saturated rings. The van der Waals surface area contributed by atoms with Crippen molar-refractivity contribution >= 4 is 0 Å². The molecular formula is C15H25N3O. The van der Waals surface area contributed by atoms with Crippen LogP contribution in [0.1, 0.15) is 51.3 Å². The molecule has 19 heavy (non-hydrogen) atoms. The SMILES string of the molecule is CC(C)C1(O)CN(Cc2ccn(C3CCCC3)n2)C1. The van der Waals surface area contributed by atoms with Gasteiger partial charge in [-0.2, -0.15) is 5.10 Å². The number of hydrogen-bond donors (Lipinski definition) is 1. The molecular weight excluding hydrogens is 238 g/mol. The van der Waals surface area contributed by atoms with Gasteiger partial charge in [0.05, 0.1) is 17.3 Å². The minimum absolute atomic E-state index is 0.333. The highest BCUT2D eigenvalue weighted by atomic mass is 16.3. The third-order valence-corrected chi connectivity index (χ3v) is 4.82. The van der Waals surface area contributed by atoms with Crippen molar-refractivity contribution in [3.63, 3.8) is 0 Å². The molecule has 1 aliphatic carbocycles. The molecule has 1 aromatic rings. The number of hydrogen-bond acceptors (Lipinski definition) is 3. The van der Waals surface area contributed by atoms with E-state index in [4.69, 9.17) is 5.10 Å². The van der Waals surface area contributed by atoms with Crippen LogP contribution < -0.4 is 0 Å². The molecule has 0 spiro atoms. The third-order valence-electron chi connectivity index (χ3n) is 4.82. The van der Waals surface area contributed by atoms with Crippen LogP contribution in [0.25, 0.3) is 0 Å². The van der Waals surface area contributed by atoms with Crippen LogP contribution in [0.3, 0.4) is 0 Å². The fraction of sp³-hybridized carbons (Fsp3) is 0.800. The first-order chi connectivity index (χ1) is 9.07. The van der Waals surface area contributed by atoms with Gasteiger partial charge in [-0.1, -0.05) is 26.7 Å². The monoisotopic (exact) mass is 263 g/mol. The van der Waals surface area contributed by atoms with Crippen molar-refractivity contribution < 1.29 is 5.11 Å². The van der Waals surface area contributed by atoms with Gasteiger partial charge in [0.1, 0.15) is 0 Å². The summed E-state index contributed by atoms with van der Waals surface area (Å²) in [5, 5.41) is 14.9. The summed E-state index contributed by atoms with van der Waals surface area (Å²) in [5.41, 5.74) is 0.659. The molecule has 2 aliphatic rings. The molecule has 3 rings (SSSR count). The summed E-state index contributed by atoms with van der Waals surface area (Å²) in [5.74, 6) is 0.333. The van der Waals surface area contributed by atoms with Crippen molar-refractivity contribution in [1.29, 1.82) is 0 Å². The zero-order valence-electron chi connectivity index (χ0n) is 12.0. The highest BCUT2D eigenvalue weighted by molar-refractivity contribution is 5.05. The Morgan fingerprint density at radius 1 is 1.37 bits per heavy atom. The predicted molar refractivity (Wildman–Crippen MR) is 74.8 cm³/mol. The van der Waals surface area contributed by atoms with Crippen LogP contribution >= 0.6 is 0 Å². The number of aromatic nitrogens is 2. The lowest BCUT2D eigenvalue weighted by molar-refractivity contribution is -0.131. The number of likely N-dealkylation sites (tertiary alicyclic amines) is 1. The van der Waals surface area contributed by atoms with Gasteiger partial charge in [0.2, 0.25) is 0 Å². The second kappa shape index (κ2) is 4.91. The first-order valence-electron chi connectivity index (χ1n) is 7.55. The van der Waals surface area contributed by atoms with Crippen LogP contribution in [-0.4, -0.2) is 38.5 Å². The fourth-order valence-corrected chi connectivity index (χ4v) is 3.27. The van der Waals surface area contributed by atoms with E-state index in [2.05, 4.69) is 35.7 Å². The average Bonchev–Trinajstić information content (AvgIpc) is 2.96. The Morgan fingerprint density at radius 3 is 2.68 bits per heavy atom. The Kier molecular flexibility index (Phi) is 3.39. The molecule has 4 heteroatoms. The van der Waals surface area contributed by atoms with E-state index < -0.39 is 5.60 Å². The molecule has 0 unspecified atom stereocenters. The molecule has 1 N–H and O–H groups in total. The number of nitrogens with zero attached hydrogens (tertiary/aromatic N) is 3. The number of rotatable bonds is 4. The highest BCUT2D eigenvalue weighted by Gasteiger charge is 2.43. The van der Waals surface area contributed by atoms with Gasteiger partial charge in [-0.3, -0.25) is 9.58 Å². The number of β-amino-alcohol motifs (C(OH)–C–C–N with tert-alkyl or cyclic N) is 1. The van der Waals surface area contributed by atoms with Crippen LogP contribution in [0, 0.1) is 5.92 Å². The van der Waals surface area contributed by atoms with Crippen LogP contribution in [0.5, 0.6) is 0 Å². The molecule has 1 aliphatic heterocycles. The van der Waals surface area contributed by atoms with Gasteiger partial charge in [0, 0.05) is 25.8 Å². The van der Waals surface area contributed by atoms with E-state index in [1.807, 2.05) is 0 Å². The second-order valence-electron chi connectivity index (χ2n) is 6.63. The molecule has 2 heterocycles. The maximum atomic E-state index is 10.2. The first-order valence-corrected chi connectivity index (χ1v) is 7.55.